The molecule has 0 bridgehead atoms. The molecular weight excluding hydrogens is 368 g/mol. The largest absolute Gasteiger partial charge is 0.494 e. The van der Waals surface area contributed by atoms with Crippen molar-refractivity contribution >= 4 is 11.9 Å². The summed E-state index contributed by atoms with van der Waals surface area (Å²) in [4.78, 5) is 24.3. The van der Waals surface area contributed by atoms with Crippen LogP contribution >= 0.6 is 0 Å². The molecule has 2 rings (SSSR count). The normalized spacial score (nSPS) is 10.6. The van der Waals surface area contributed by atoms with Crippen LogP contribution in [-0.2, 0) is 4.74 Å². The number of ether oxygens (including phenoxy) is 3. The topological polar surface area (TPSA) is 61.8 Å². The average molecular weight is 398 g/mol. The van der Waals surface area contributed by atoms with Gasteiger partial charge in [0.15, 0.2) is 0 Å². The Morgan fingerprint density at radius 2 is 1.55 bits per heavy atom. The van der Waals surface area contributed by atoms with Gasteiger partial charge in [0.1, 0.15) is 11.5 Å². The van der Waals surface area contributed by atoms with Crippen molar-refractivity contribution < 1.29 is 23.8 Å². The first kappa shape index (κ1) is 22.5. The molecule has 0 amide bonds. The lowest BCUT2D eigenvalue weighted by Gasteiger charge is -2.10. The van der Waals surface area contributed by atoms with Gasteiger partial charge in [-0.1, -0.05) is 38.7 Å². The summed E-state index contributed by atoms with van der Waals surface area (Å²) in [7, 11) is 0. The fourth-order valence-corrected chi connectivity index (χ4v) is 2.72. The fraction of sp³-hybridized carbons (Fsp3) is 0.417. The van der Waals surface area contributed by atoms with Gasteiger partial charge in [-0.25, -0.2) is 9.59 Å². The number of benzene rings is 2. The van der Waals surface area contributed by atoms with Crippen molar-refractivity contribution in [2.75, 3.05) is 6.61 Å². The monoisotopic (exact) mass is 398 g/mol. The van der Waals surface area contributed by atoms with Gasteiger partial charge in [-0.15, -0.1) is 0 Å². The van der Waals surface area contributed by atoms with Crippen LogP contribution in [0.5, 0.6) is 11.5 Å². The molecule has 0 aromatic heterocycles. The van der Waals surface area contributed by atoms with Gasteiger partial charge in [-0.2, -0.15) is 0 Å². The maximum atomic E-state index is 12.4. The van der Waals surface area contributed by atoms with Gasteiger partial charge >= 0.3 is 11.9 Å². The lowest BCUT2D eigenvalue weighted by molar-refractivity contribution is 0.0376. The van der Waals surface area contributed by atoms with Crippen LogP contribution in [0.15, 0.2) is 48.5 Å². The van der Waals surface area contributed by atoms with Crippen molar-refractivity contribution in [3.8, 4) is 11.5 Å². The predicted molar refractivity (Wildman–Crippen MR) is 113 cm³/mol. The second-order valence-corrected chi connectivity index (χ2v) is 7.16. The molecule has 29 heavy (non-hydrogen) atoms. The Kier molecular flexibility index (Phi) is 9.22. The first-order valence-electron chi connectivity index (χ1n) is 10.3. The second kappa shape index (κ2) is 11.9. The molecule has 0 N–H and O–H groups in total. The van der Waals surface area contributed by atoms with Crippen LogP contribution in [0.25, 0.3) is 0 Å². The maximum Gasteiger partial charge on any atom is 0.343 e. The van der Waals surface area contributed by atoms with E-state index in [0.717, 1.165) is 12.2 Å². The number of rotatable bonds is 11. The molecule has 2 aromatic carbocycles. The van der Waals surface area contributed by atoms with Gasteiger partial charge in [-0.05, 0) is 62.7 Å². The summed E-state index contributed by atoms with van der Waals surface area (Å²) in [6.45, 7) is 6.43. The molecule has 0 aliphatic heterocycles. The van der Waals surface area contributed by atoms with Crippen LogP contribution in [-0.4, -0.2) is 24.6 Å². The highest BCUT2D eigenvalue weighted by Crippen LogP contribution is 2.18. The smallest absolute Gasteiger partial charge is 0.343 e. The van der Waals surface area contributed by atoms with E-state index in [9.17, 15) is 9.59 Å². The lowest BCUT2D eigenvalue weighted by atomic mass is 10.2. The summed E-state index contributed by atoms with van der Waals surface area (Å²) < 4.78 is 16.3. The van der Waals surface area contributed by atoms with E-state index in [1.165, 1.54) is 31.7 Å². The zero-order valence-electron chi connectivity index (χ0n) is 17.5. The van der Waals surface area contributed by atoms with Gasteiger partial charge in [0.25, 0.3) is 0 Å². The number of carbonyl (C=O) groups is 2. The molecular formula is C24H30O5. The van der Waals surface area contributed by atoms with Crippen LogP contribution in [0.2, 0.25) is 0 Å². The highest BCUT2D eigenvalue weighted by atomic mass is 16.5. The standard InChI is InChI=1S/C24H30O5/c1-4-5-6-7-8-16-27-21-14-12-19(13-15-21)23(25)29-22-11-9-10-20(17-22)24(26)28-18(2)3/h9-15,17-18H,4-8,16H2,1-3H3. The Labute approximate surface area is 173 Å². The summed E-state index contributed by atoms with van der Waals surface area (Å²) in [6.07, 6.45) is 5.71. The van der Waals surface area contributed by atoms with Crippen molar-refractivity contribution in [2.24, 2.45) is 0 Å². The van der Waals surface area contributed by atoms with Gasteiger partial charge in [0.05, 0.1) is 23.8 Å². The average Bonchev–Trinajstić information content (AvgIpc) is 2.70. The van der Waals surface area contributed by atoms with E-state index in [0.29, 0.717) is 23.5 Å². The van der Waals surface area contributed by atoms with Crippen molar-refractivity contribution in [1.82, 2.24) is 0 Å². The molecule has 5 heteroatoms. The van der Waals surface area contributed by atoms with E-state index in [-0.39, 0.29) is 6.10 Å². The van der Waals surface area contributed by atoms with Crippen LogP contribution in [0.4, 0.5) is 0 Å². The summed E-state index contributed by atoms with van der Waals surface area (Å²) in [6, 6.07) is 13.3. The highest BCUT2D eigenvalue weighted by Gasteiger charge is 2.13. The minimum atomic E-state index is -0.495. The van der Waals surface area contributed by atoms with Crippen molar-refractivity contribution in [3.05, 3.63) is 59.7 Å². The molecule has 5 nitrogen and oxygen atoms in total. The van der Waals surface area contributed by atoms with E-state index in [4.69, 9.17) is 14.2 Å². The predicted octanol–water partition coefficient (Wildman–Crippen LogP) is 5.82. The van der Waals surface area contributed by atoms with Gasteiger partial charge < -0.3 is 14.2 Å². The van der Waals surface area contributed by atoms with Crippen molar-refractivity contribution in [3.63, 3.8) is 0 Å². The fourth-order valence-electron chi connectivity index (χ4n) is 2.72. The number of hydrogen-bond acceptors (Lipinski definition) is 5. The molecule has 2 aromatic rings. The summed E-state index contributed by atoms with van der Waals surface area (Å²) in [5, 5.41) is 0. The third-order valence-electron chi connectivity index (χ3n) is 4.23. The first-order chi connectivity index (χ1) is 14.0. The highest BCUT2D eigenvalue weighted by molar-refractivity contribution is 5.92. The number of esters is 2. The summed E-state index contributed by atoms with van der Waals surface area (Å²) in [5.41, 5.74) is 0.752. The van der Waals surface area contributed by atoms with Crippen LogP contribution in [0.3, 0.4) is 0 Å². The third kappa shape index (κ3) is 7.98. The molecule has 0 aliphatic rings. The molecule has 0 fully saturated rings. The maximum absolute atomic E-state index is 12.4. The van der Waals surface area contributed by atoms with E-state index in [1.54, 1.807) is 56.3 Å². The minimum absolute atomic E-state index is 0.217. The van der Waals surface area contributed by atoms with Gasteiger partial charge in [0.2, 0.25) is 0 Å². The zero-order valence-corrected chi connectivity index (χ0v) is 17.5. The van der Waals surface area contributed by atoms with Crippen LogP contribution in [0, 0.1) is 0 Å². The van der Waals surface area contributed by atoms with E-state index >= 15 is 0 Å². The lowest BCUT2D eigenvalue weighted by Crippen LogP contribution is -2.12. The Hall–Kier alpha value is -2.82. The van der Waals surface area contributed by atoms with Crippen LogP contribution in [0.1, 0.15) is 73.6 Å². The number of carbonyl (C=O) groups excluding carboxylic acids is 2. The number of unbranched alkanes of at least 4 members (excludes halogenated alkanes) is 4. The minimum Gasteiger partial charge on any atom is -0.494 e. The molecule has 0 aliphatic carbocycles. The summed E-state index contributed by atoms with van der Waals surface area (Å²) >= 11 is 0. The Morgan fingerprint density at radius 3 is 2.24 bits per heavy atom. The molecule has 0 radical (unpaired) electrons. The second-order valence-electron chi connectivity index (χ2n) is 7.16. The quantitative estimate of drug-likeness (QED) is 0.271. The Morgan fingerprint density at radius 1 is 0.828 bits per heavy atom. The van der Waals surface area contributed by atoms with E-state index in [1.807, 2.05) is 0 Å². The van der Waals surface area contributed by atoms with Gasteiger partial charge in [0, 0.05) is 0 Å². The first-order valence-corrected chi connectivity index (χ1v) is 10.3. The number of hydrogen-bond donors (Lipinski definition) is 0. The van der Waals surface area contributed by atoms with Crippen molar-refractivity contribution in [1.29, 1.82) is 0 Å². The molecule has 0 atom stereocenters. The third-order valence-corrected chi connectivity index (χ3v) is 4.23. The molecule has 0 saturated carbocycles. The van der Waals surface area contributed by atoms with Gasteiger partial charge in [-0.3, -0.25) is 0 Å². The Bertz CT molecular complexity index is 780. The SMILES string of the molecule is CCCCCCCOc1ccc(C(=O)Oc2cccc(C(=O)OC(C)C)c2)cc1. The molecule has 156 valence electrons. The Balaban J connectivity index is 1.87. The van der Waals surface area contributed by atoms with E-state index < -0.39 is 11.9 Å². The molecule has 0 saturated heterocycles. The zero-order chi connectivity index (χ0) is 21.1. The molecule has 0 spiro atoms. The van der Waals surface area contributed by atoms with E-state index in [2.05, 4.69) is 6.92 Å². The molecule has 0 heterocycles. The molecule has 0 unspecified atom stereocenters. The van der Waals surface area contributed by atoms with Crippen LogP contribution < -0.4 is 9.47 Å². The van der Waals surface area contributed by atoms with Crippen molar-refractivity contribution in [2.45, 2.75) is 59.0 Å². The summed E-state index contributed by atoms with van der Waals surface area (Å²) in [5.74, 6) is 0.0793.